The van der Waals surface area contributed by atoms with Crippen LogP contribution in [0.15, 0.2) is 49.3 Å². The first-order valence-electron chi connectivity index (χ1n) is 8.23. The predicted octanol–water partition coefficient (Wildman–Crippen LogP) is 1.88. The van der Waals surface area contributed by atoms with Gasteiger partial charge in [0.15, 0.2) is 11.5 Å². The molecule has 4 heterocycles. The van der Waals surface area contributed by atoms with Crippen LogP contribution in [0.1, 0.15) is 12.0 Å². The quantitative estimate of drug-likeness (QED) is 0.574. The number of H-pyrrole nitrogens is 1. The van der Waals surface area contributed by atoms with Crippen molar-refractivity contribution in [2.45, 2.75) is 12.8 Å². The number of carbonyl (C=O) groups is 1. The minimum Gasteiger partial charge on any atom is -0.359 e. The Kier molecular flexibility index (Phi) is 4.14. The van der Waals surface area contributed by atoms with Crippen LogP contribution in [0.3, 0.4) is 0 Å². The number of amides is 1. The molecule has 130 valence electrons. The number of rotatable bonds is 5. The van der Waals surface area contributed by atoms with Crippen LogP contribution < -0.4 is 5.32 Å². The van der Waals surface area contributed by atoms with Crippen LogP contribution in [0.5, 0.6) is 0 Å². The van der Waals surface area contributed by atoms with Crippen LogP contribution in [0.4, 0.5) is 0 Å². The maximum Gasteiger partial charge on any atom is 0.220 e. The molecule has 26 heavy (non-hydrogen) atoms. The molecule has 4 rings (SSSR count). The van der Waals surface area contributed by atoms with Gasteiger partial charge in [0, 0.05) is 43.2 Å². The van der Waals surface area contributed by atoms with Crippen LogP contribution in [0.25, 0.3) is 28.1 Å². The molecule has 4 aromatic rings. The average Bonchev–Trinajstić information content (AvgIpc) is 3.35. The second kappa shape index (κ2) is 6.75. The molecule has 0 aliphatic rings. The smallest absolute Gasteiger partial charge is 0.220 e. The summed E-state index contributed by atoms with van der Waals surface area (Å²) in [5.74, 6) is 0.739. The second-order valence-electron chi connectivity index (χ2n) is 5.83. The SMILES string of the molecule is CNC(=O)CCc1ccc(-n2cc(-c3ccnc4nc[nH]c34)cn2)nc1. The summed E-state index contributed by atoms with van der Waals surface area (Å²) in [6.07, 6.45) is 9.95. The summed E-state index contributed by atoms with van der Waals surface area (Å²) in [7, 11) is 1.64. The van der Waals surface area contributed by atoms with Crippen molar-refractivity contribution in [2.24, 2.45) is 0 Å². The van der Waals surface area contributed by atoms with Crippen LogP contribution in [0, 0.1) is 0 Å². The molecule has 2 N–H and O–H groups in total. The highest BCUT2D eigenvalue weighted by Crippen LogP contribution is 2.25. The van der Waals surface area contributed by atoms with Crippen LogP contribution >= 0.6 is 0 Å². The molecule has 0 atom stereocenters. The van der Waals surface area contributed by atoms with Gasteiger partial charge >= 0.3 is 0 Å². The number of imidazole rings is 1. The summed E-state index contributed by atoms with van der Waals surface area (Å²) in [6.45, 7) is 0. The number of aromatic nitrogens is 6. The maximum absolute atomic E-state index is 11.3. The Balaban J connectivity index is 1.56. The summed E-state index contributed by atoms with van der Waals surface area (Å²) in [5.41, 5.74) is 4.50. The standard InChI is InChI=1S/C18H17N7O/c1-19-16(26)5-3-12-2-4-15(21-8-12)25-10-13(9-24-25)14-6-7-20-18-17(14)22-11-23-18/h2,4,6-11H,3,5H2,1H3,(H,19,26)(H,20,22,23). The molecular weight excluding hydrogens is 330 g/mol. The molecule has 0 saturated carbocycles. The lowest BCUT2D eigenvalue weighted by Gasteiger charge is -2.03. The third-order valence-corrected chi connectivity index (χ3v) is 4.18. The Hall–Kier alpha value is -3.55. The summed E-state index contributed by atoms with van der Waals surface area (Å²) < 4.78 is 1.72. The Bertz CT molecular complexity index is 1050. The van der Waals surface area contributed by atoms with E-state index in [2.05, 4.69) is 30.4 Å². The van der Waals surface area contributed by atoms with Gasteiger partial charge in [0.1, 0.15) is 0 Å². The van der Waals surface area contributed by atoms with Gasteiger partial charge in [-0.3, -0.25) is 4.79 Å². The predicted molar refractivity (Wildman–Crippen MR) is 96.6 cm³/mol. The highest BCUT2D eigenvalue weighted by molar-refractivity contribution is 5.88. The number of carbonyl (C=O) groups excluding carboxylic acids is 1. The van der Waals surface area contributed by atoms with Crippen molar-refractivity contribution in [3.05, 3.63) is 54.9 Å². The van der Waals surface area contributed by atoms with Gasteiger partial charge in [-0.2, -0.15) is 5.10 Å². The first-order chi connectivity index (χ1) is 12.7. The van der Waals surface area contributed by atoms with Gasteiger partial charge in [-0.05, 0) is 24.1 Å². The minimum atomic E-state index is 0.0215. The van der Waals surface area contributed by atoms with Crippen molar-refractivity contribution in [1.29, 1.82) is 0 Å². The summed E-state index contributed by atoms with van der Waals surface area (Å²) in [5, 5.41) is 7.02. The fourth-order valence-electron chi connectivity index (χ4n) is 2.76. The van der Waals surface area contributed by atoms with Gasteiger partial charge in [-0.25, -0.2) is 19.6 Å². The van der Waals surface area contributed by atoms with Crippen LogP contribution in [-0.4, -0.2) is 42.7 Å². The normalized spacial score (nSPS) is 11.0. The molecule has 0 radical (unpaired) electrons. The Labute approximate surface area is 149 Å². The van der Waals surface area contributed by atoms with Crippen molar-refractivity contribution in [1.82, 2.24) is 35.0 Å². The number of nitrogens with one attached hydrogen (secondary N) is 2. The molecule has 0 aromatic carbocycles. The first-order valence-corrected chi connectivity index (χ1v) is 8.23. The molecule has 1 amide bonds. The van der Waals surface area contributed by atoms with Crippen molar-refractivity contribution < 1.29 is 4.79 Å². The van der Waals surface area contributed by atoms with Gasteiger partial charge in [-0.1, -0.05) is 6.07 Å². The van der Waals surface area contributed by atoms with Gasteiger partial charge in [0.2, 0.25) is 5.91 Å². The minimum absolute atomic E-state index is 0.0215. The van der Waals surface area contributed by atoms with Gasteiger partial charge in [0.25, 0.3) is 0 Å². The summed E-state index contributed by atoms with van der Waals surface area (Å²) >= 11 is 0. The zero-order chi connectivity index (χ0) is 17.9. The molecule has 0 bridgehead atoms. The molecule has 0 saturated heterocycles. The van der Waals surface area contributed by atoms with E-state index in [0.29, 0.717) is 18.5 Å². The van der Waals surface area contributed by atoms with E-state index in [0.717, 1.165) is 28.0 Å². The zero-order valence-corrected chi connectivity index (χ0v) is 14.2. The fraction of sp³-hybridized carbons (Fsp3) is 0.167. The van der Waals surface area contributed by atoms with E-state index in [1.807, 2.05) is 24.4 Å². The lowest BCUT2D eigenvalue weighted by atomic mass is 10.1. The first kappa shape index (κ1) is 15.9. The van der Waals surface area contributed by atoms with E-state index in [1.54, 1.807) is 36.6 Å². The van der Waals surface area contributed by atoms with Crippen LogP contribution in [-0.2, 0) is 11.2 Å². The molecular formula is C18H17N7O. The molecule has 0 spiro atoms. The number of nitrogens with zero attached hydrogens (tertiary/aromatic N) is 5. The number of hydrogen-bond donors (Lipinski definition) is 2. The fourth-order valence-corrected chi connectivity index (χ4v) is 2.76. The number of hydrogen-bond acceptors (Lipinski definition) is 5. The van der Waals surface area contributed by atoms with Gasteiger partial charge in [0.05, 0.1) is 18.0 Å². The average molecular weight is 347 g/mol. The van der Waals surface area contributed by atoms with Crippen molar-refractivity contribution in [2.75, 3.05) is 7.05 Å². The monoisotopic (exact) mass is 347 g/mol. The Morgan fingerprint density at radius 2 is 2.12 bits per heavy atom. The Morgan fingerprint density at radius 1 is 1.19 bits per heavy atom. The van der Waals surface area contributed by atoms with Crippen molar-refractivity contribution in [3.63, 3.8) is 0 Å². The molecule has 8 nitrogen and oxygen atoms in total. The van der Waals surface area contributed by atoms with Crippen LogP contribution in [0.2, 0.25) is 0 Å². The second-order valence-corrected chi connectivity index (χ2v) is 5.83. The molecule has 0 unspecified atom stereocenters. The lowest BCUT2D eigenvalue weighted by Crippen LogP contribution is -2.17. The number of pyridine rings is 2. The van der Waals surface area contributed by atoms with E-state index < -0.39 is 0 Å². The maximum atomic E-state index is 11.3. The number of aryl methyl sites for hydroxylation is 1. The number of fused-ring (bicyclic) bond motifs is 1. The van der Waals surface area contributed by atoms with E-state index >= 15 is 0 Å². The van der Waals surface area contributed by atoms with E-state index in [9.17, 15) is 4.79 Å². The molecule has 0 aliphatic carbocycles. The molecule has 4 aromatic heterocycles. The Morgan fingerprint density at radius 3 is 2.92 bits per heavy atom. The van der Waals surface area contributed by atoms with E-state index in [4.69, 9.17) is 0 Å². The lowest BCUT2D eigenvalue weighted by molar-refractivity contribution is -0.120. The van der Waals surface area contributed by atoms with Crippen molar-refractivity contribution in [3.8, 4) is 16.9 Å². The highest BCUT2D eigenvalue weighted by atomic mass is 16.1. The largest absolute Gasteiger partial charge is 0.359 e. The third kappa shape index (κ3) is 3.04. The highest BCUT2D eigenvalue weighted by Gasteiger charge is 2.10. The van der Waals surface area contributed by atoms with E-state index in [-0.39, 0.29) is 5.91 Å². The van der Waals surface area contributed by atoms with Gasteiger partial charge < -0.3 is 10.3 Å². The van der Waals surface area contributed by atoms with Crippen molar-refractivity contribution >= 4 is 17.1 Å². The third-order valence-electron chi connectivity index (χ3n) is 4.18. The molecule has 0 aliphatic heterocycles. The van der Waals surface area contributed by atoms with Gasteiger partial charge in [-0.15, -0.1) is 0 Å². The molecule has 0 fully saturated rings. The molecule has 8 heteroatoms. The zero-order valence-electron chi connectivity index (χ0n) is 14.2. The summed E-state index contributed by atoms with van der Waals surface area (Å²) in [4.78, 5) is 27.3. The topological polar surface area (TPSA) is 101 Å². The number of aromatic amines is 1. The van der Waals surface area contributed by atoms with E-state index in [1.165, 1.54) is 0 Å². The summed E-state index contributed by atoms with van der Waals surface area (Å²) in [6, 6.07) is 5.79.